The van der Waals surface area contributed by atoms with Crippen LogP contribution in [0.25, 0.3) is 88.2 Å². The van der Waals surface area contributed by atoms with Crippen molar-refractivity contribution in [3.05, 3.63) is 240 Å². The lowest BCUT2D eigenvalue weighted by Gasteiger charge is -2.33. The summed E-state index contributed by atoms with van der Waals surface area (Å²) in [6.45, 7) is 0. The number of nitrogens with one attached hydrogen (secondary N) is 2. The van der Waals surface area contributed by atoms with Crippen LogP contribution in [0.1, 0.15) is 42.6 Å². The van der Waals surface area contributed by atoms with E-state index in [0.717, 1.165) is 46.5 Å². The van der Waals surface area contributed by atoms with E-state index in [-0.39, 0.29) is 6.04 Å². The van der Waals surface area contributed by atoms with E-state index in [1.54, 1.807) is 0 Å². The van der Waals surface area contributed by atoms with E-state index in [1.165, 1.54) is 77.5 Å². The fourth-order valence-corrected chi connectivity index (χ4v) is 11.1. The molecule has 11 aromatic rings. The summed E-state index contributed by atoms with van der Waals surface area (Å²) in [5.74, 6) is 0.584. The van der Waals surface area contributed by atoms with E-state index in [2.05, 4.69) is 231 Å². The number of aromatic nitrogens is 3. The molecule has 0 aliphatic heterocycles. The van der Waals surface area contributed by atoms with Gasteiger partial charge in [0.05, 0.1) is 39.1 Å². The van der Waals surface area contributed by atoms with Gasteiger partial charge in [-0.05, 0) is 108 Å². The standard InChI is InChI=1S/C60H46N5/c61-60(62-59(40-16-2-1-3-17-40)42-30-29-39-15-4-5-18-41(39)35-42)43-19-14-20-44(36-43)65-57-37-45(63-53-25-10-6-21-47(53)48-22-7-11-26-54(48)63)31-33-51(57)52-34-32-46(38-58(52)65)64-55-27-12-8-23-49(55)50-24-9-13-28-56(50)64/h1-3,5-14,16-28,30-39,59-62H,4,15,29H2/q-1. The molecule has 2 N–H and O–H groups in total. The minimum atomic E-state index is -0.687. The van der Waals surface area contributed by atoms with Gasteiger partial charge in [0.15, 0.2) is 0 Å². The third-order valence-electron chi connectivity index (χ3n) is 14.1. The maximum atomic E-state index is 9.82. The molecule has 3 atom stereocenters. The minimum Gasteiger partial charge on any atom is -0.658 e. The molecule has 13 rings (SSSR count). The molecule has 0 amide bonds. The first-order chi connectivity index (χ1) is 32.2. The van der Waals surface area contributed by atoms with Crippen LogP contribution in [0.2, 0.25) is 0 Å². The van der Waals surface area contributed by atoms with Gasteiger partial charge in [-0.3, -0.25) is 0 Å². The number of hydrogen-bond acceptors (Lipinski definition) is 1. The first-order valence-electron chi connectivity index (χ1n) is 22.9. The zero-order valence-electron chi connectivity index (χ0n) is 35.9. The molecule has 0 spiro atoms. The number of rotatable bonds is 8. The molecule has 3 unspecified atom stereocenters. The lowest BCUT2D eigenvalue weighted by Crippen LogP contribution is -2.27. The topological polar surface area (TPSA) is 50.6 Å². The predicted molar refractivity (Wildman–Crippen MR) is 271 cm³/mol. The number of hydrogen-bond donors (Lipinski definition) is 1. The number of nitrogens with zero attached hydrogens (tertiary/aromatic N) is 3. The lowest BCUT2D eigenvalue weighted by molar-refractivity contribution is 0.526. The van der Waals surface area contributed by atoms with Crippen LogP contribution in [0.5, 0.6) is 0 Å². The molecule has 0 radical (unpaired) electrons. The van der Waals surface area contributed by atoms with Gasteiger partial charge in [0, 0.05) is 49.4 Å². The maximum absolute atomic E-state index is 9.82. The highest BCUT2D eigenvalue weighted by Gasteiger charge is 2.25. The lowest BCUT2D eigenvalue weighted by atomic mass is 9.80. The predicted octanol–water partition coefficient (Wildman–Crippen LogP) is 15.6. The number of benzene rings is 8. The maximum Gasteiger partial charge on any atom is 0.0563 e. The van der Waals surface area contributed by atoms with Crippen molar-refractivity contribution >= 4 is 65.4 Å². The van der Waals surface area contributed by atoms with Crippen LogP contribution >= 0.6 is 0 Å². The van der Waals surface area contributed by atoms with Crippen LogP contribution in [0, 0.1) is 5.92 Å². The van der Waals surface area contributed by atoms with Gasteiger partial charge in [-0.2, -0.15) is 0 Å². The van der Waals surface area contributed by atoms with Crippen molar-refractivity contribution in [2.45, 2.75) is 31.5 Å². The van der Waals surface area contributed by atoms with E-state index in [0.29, 0.717) is 5.92 Å². The Bertz CT molecular complexity index is 3480. The minimum absolute atomic E-state index is 0.123. The average molecular weight is 837 g/mol. The Morgan fingerprint density at radius 1 is 0.462 bits per heavy atom. The fourth-order valence-electron chi connectivity index (χ4n) is 11.1. The van der Waals surface area contributed by atoms with Crippen LogP contribution in [-0.2, 0) is 0 Å². The Hall–Kier alpha value is -7.70. The summed E-state index contributed by atoms with van der Waals surface area (Å²) in [6, 6.07) is 67.9. The van der Waals surface area contributed by atoms with Gasteiger partial charge in [-0.25, -0.2) is 0 Å². The van der Waals surface area contributed by atoms with E-state index in [1.807, 2.05) is 0 Å². The molecular formula is C60H46N5-. The number of para-hydroxylation sites is 4. The Labute approximate surface area is 377 Å². The molecule has 2 aliphatic rings. The van der Waals surface area contributed by atoms with Gasteiger partial charge in [-0.1, -0.05) is 158 Å². The highest BCUT2D eigenvalue weighted by Crippen LogP contribution is 2.41. The summed E-state index contributed by atoms with van der Waals surface area (Å²) >= 11 is 0. The summed E-state index contributed by atoms with van der Waals surface area (Å²) in [5.41, 5.74) is 24.7. The molecule has 0 saturated heterocycles. The van der Waals surface area contributed by atoms with Gasteiger partial charge in [0.1, 0.15) is 0 Å². The van der Waals surface area contributed by atoms with Gasteiger partial charge in [0.2, 0.25) is 0 Å². The zero-order valence-corrected chi connectivity index (χ0v) is 35.9. The number of fused-ring (bicyclic) bond motifs is 10. The fraction of sp³-hybridized carbons (Fsp3) is 0.100. The zero-order chi connectivity index (χ0) is 43.0. The van der Waals surface area contributed by atoms with Crippen LogP contribution in [-0.4, -0.2) is 13.7 Å². The molecule has 0 fully saturated rings. The summed E-state index contributed by atoms with van der Waals surface area (Å²) in [5, 5.41) is 11.1. The van der Waals surface area contributed by atoms with Gasteiger partial charge >= 0.3 is 0 Å². The molecule has 0 bridgehead atoms. The Morgan fingerprint density at radius 3 is 1.51 bits per heavy atom. The second-order valence-electron chi connectivity index (χ2n) is 17.8. The smallest absolute Gasteiger partial charge is 0.0563 e. The molecule has 0 saturated carbocycles. The van der Waals surface area contributed by atoms with E-state index in [9.17, 15) is 5.73 Å². The summed E-state index contributed by atoms with van der Waals surface area (Å²) in [6.07, 6.45) is 12.1. The van der Waals surface area contributed by atoms with E-state index >= 15 is 0 Å². The Morgan fingerprint density at radius 2 is 0.938 bits per heavy atom. The molecule has 65 heavy (non-hydrogen) atoms. The summed E-state index contributed by atoms with van der Waals surface area (Å²) in [4.78, 5) is 0. The van der Waals surface area contributed by atoms with Gasteiger partial charge < -0.3 is 24.8 Å². The molecular weight excluding hydrogens is 791 g/mol. The second-order valence-corrected chi connectivity index (χ2v) is 17.8. The first kappa shape index (κ1) is 37.8. The summed E-state index contributed by atoms with van der Waals surface area (Å²) in [7, 11) is 0. The molecule has 8 aromatic carbocycles. The van der Waals surface area contributed by atoms with Crippen LogP contribution in [0.4, 0.5) is 0 Å². The van der Waals surface area contributed by atoms with Gasteiger partial charge in [0.25, 0.3) is 0 Å². The molecule has 5 heteroatoms. The van der Waals surface area contributed by atoms with Crippen molar-refractivity contribution in [2.24, 2.45) is 5.92 Å². The van der Waals surface area contributed by atoms with Crippen molar-refractivity contribution in [1.82, 2.24) is 19.0 Å². The van der Waals surface area contributed by atoms with Crippen molar-refractivity contribution in [3.8, 4) is 17.1 Å². The monoisotopic (exact) mass is 836 g/mol. The molecule has 312 valence electrons. The van der Waals surface area contributed by atoms with E-state index in [4.69, 9.17) is 0 Å². The molecule has 2 aliphatic carbocycles. The summed E-state index contributed by atoms with van der Waals surface area (Å²) < 4.78 is 7.23. The molecule has 3 aromatic heterocycles. The van der Waals surface area contributed by atoms with Crippen LogP contribution < -0.4 is 5.32 Å². The molecule has 5 nitrogen and oxygen atoms in total. The van der Waals surface area contributed by atoms with Crippen LogP contribution in [0.15, 0.2) is 224 Å². The average Bonchev–Trinajstić information content (AvgIpc) is 4.01. The van der Waals surface area contributed by atoms with Crippen molar-refractivity contribution in [2.75, 3.05) is 0 Å². The van der Waals surface area contributed by atoms with Gasteiger partial charge in [-0.15, -0.1) is 0 Å². The second kappa shape index (κ2) is 15.2. The van der Waals surface area contributed by atoms with Crippen molar-refractivity contribution in [1.29, 1.82) is 0 Å². The first-order valence-corrected chi connectivity index (χ1v) is 22.9. The quantitative estimate of drug-likeness (QED) is 0.163. The van der Waals surface area contributed by atoms with E-state index < -0.39 is 6.17 Å². The van der Waals surface area contributed by atoms with Crippen molar-refractivity contribution < 1.29 is 0 Å². The highest BCUT2D eigenvalue weighted by molar-refractivity contribution is 6.13. The largest absolute Gasteiger partial charge is 0.658 e. The highest BCUT2D eigenvalue weighted by atomic mass is 15.1. The Kier molecular flexibility index (Phi) is 8.87. The third kappa shape index (κ3) is 6.15. The number of allylic oxidation sites excluding steroid dienone is 4. The molecule has 3 heterocycles. The van der Waals surface area contributed by atoms with Crippen LogP contribution in [0.3, 0.4) is 0 Å². The third-order valence-corrected chi connectivity index (χ3v) is 14.1. The SMILES string of the molecule is [NH-]C(NC(C1=CCC2CCC=CC2=C1)c1ccccc1)c1cccc(-n2c3cc(-n4c5ccccc5c5ccccc54)ccc3c3ccc(-n4c5ccccc5c5ccccc54)cc32)c1. The normalized spacial score (nSPS) is 16.1. The van der Waals surface area contributed by atoms with Crippen molar-refractivity contribution in [3.63, 3.8) is 0 Å². The Balaban J connectivity index is 0.995.